The summed E-state index contributed by atoms with van der Waals surface area (Å²) in [6.45, 7) is 2.13. The van der Waals surface area contributed by atoms with Crippen LogP contribution in [0.1, 0.15) is 28.5 Å². The van der Waals surface area contributed by atoms with Crippen LogP contribution in [0.15, 0.2) is 71.0 Å². The van der Waals surface area contributed by atoms with Crippen molar-refractivity contribution in [1.82, 2.24) is 20.7 Å². The largest absolute Gasteiger partial charge is 0.382 e. The first-order valence-corrected chi connectivity index (χ1v) is 9.37. The van der Waals surface area contributed by atoms with Crippen LogP contribution in [0.3, 0.4) is 0 Å². The third-order valence-electron chi connectivity index (χ3n) is 4.34. The lowest BCUT2D eigenvalue weighted by Gasteiger charge is -2.09. The zero-order chi connectivity index (χ0) is 22.2. The maximum Gasteiger partial charge on any atom is 0.251 e. The van der Waals surface area contributed by atoms with Crippen LogP contribution < -0.4 is 28.1 Å². The lowest BCUT2D eigenvalue weighted by molar-refractivity contribution is 0.0951. The third-order valence-corrected chi connectivity index (χ3v) is 4.34. The number of rotatable bonds is 6. The van der Waals surface area contributed by atoms with E-state index >= 15 is 0 Å². The molecule has 0 saturated heterocycles. The molecule has 0 aliphatic carbocycles. The third kappa shape index (κ3) is 5.54. The van der Waals surface area contributed by atoms with Crippen molar-refractivity contribution in [3.63, 3.8) is 0 Å². The van der Waals surface area contributed by atoms with E-state index in [2.05, 4.69) is 30.9 Å². The first kappa shape index (κ1) is 21.2. The van der Waals surface area contributed by atoms with Crippen molar-refractivity contribution in [2.75, 3.05) is 5.73 Å². The monoisotopic (exact) mass is 417 g/mol. The normalized spacial score (nSPS) is 11.8. The van der Waals surface area contributed by atoms with E-state index in [0.717, 1.165) is 5.56 Å². The molecule has 0 atom stereocenters. The molecular weight excluding hydrogens is 394 g/mol. The molecule has 1 amide bonds. The van der Waals surface area contributed by atoms with Gasteiger partial charge in [0, 0.05) is 17.7 Å². The zero-order valence-electron chi connectivity index (χ0n) is 16.9. The molecule has 158 valence electrons. The van der Waals surface area contributed by atoms with Crippen LogP contribution in [-0.4, -0.2) is 27.5 Å². The van der Waals surface area contributed by atoms with Crippen molar-refractivity contribution < 1.29 is 4.79 Å². The summed E-state index contributed by atoms with van der Waals surface area (Å²) in [5, 5.41) is 10.2. The molecule has 0 bridgehead atoms. The first-order valence-electron chi connectivity index (χ1n) is 9.37. The van der Waals surface area contributed by atoms with Gasteiger partial charge in [0.05, 0.1) is 17.6 Å². The maximum atomic E-state index is 12.6. The Morgan fingerprint density at radius 1 is 1.13 bits per heavy atom. The molecule has 0 fully saturated rings. The molecule has 0 aliphatic heterocycles. The van der Waals surface area contributed by atoms with Crippen LogP contribution >= 0.6 is 0 Å². The van der Waals surface area contributed by atoms with Crippen LogP contribution in [0.5, 0.6) is 0 Å². The number of amides is 1. The van der Waals surface area contributed by atoms with Gasteiger partial charge in [0.2, 0.25) is 5.96 Å². The number of carbonyl (C=O) groups excluding carboxylic acids is 1. The number of nitrogens with one attached hydrogen (secondary N) is 2. The molecule has 0 radical (unpaired) electrons. The summed E-state index contributed by atoms with van der Waals surface area (Å²) >= 11 is 0. The fourth-order valence-corrected chi connectivity index (χ4v) is 2.73. The van der Waals surface area contributed by atoms with E-state index in [9.17, 15) is 4.79 Å². The zero-order valence-corrected chi connectivity index (χ0v) is 16.9. The van der Waals surface area contributed by atoms with Gasteiger partial charge in [0.1, 0.15) is 5.69 Å². The Bertz CT molecular complexity index is 1130. The molecule has 0 unspecified atom stereocenters. The van der Waals surface area contributed by atoms with E-state index in [1.54, 1.807) is 25.1 Å². The molecule has 1 aromatic heterocycles. The molecule has 8 N–H and O–H groups in total. The van der Waals surface area contributed by atoms with E-state index in [4.69, 9.17) is 17.3 Å². The Labute approximate surface area is 179 Å². The second-order valence-corrected chi connectivity index (χ2v) is 6.56. The van der Waals surface area contributed by atoms with Gasteiger partial charge in [-0.05, 0) is 24.6 Å². The van der Waals surface area contributed by atoms with E-state index in [1.807, 2.05) is 36.4 Å². The highest BCUT2D eigenvalue weighted by Gasteiger charge is 2.12. The Morgan fingerprint density at radius 2 is 1.90 bits per heavy atom. The highest BCUT2D eigenvalue weighted by molar-refractivity contribution is 6.01. The number of hydrazone groups is 2. The number of aromatic nitrogens is 2. The molecule has 0 saturated carbocycles. The SMILES string of the molecule is CC(=NNC(N)=NN)c1nc(-c2cccc(C(=O)NCc3ccccc3)c2)cnc1N. The Hall–Kier alpha value is -4.47. The van der Waals surface area contributed by atoms with E-state index < -0.39 is 0 Å². The van der Waals surface area contributed by atoms with Gasteiger partial charge >= 0.3 is 0 Å². The summed E-state index contributed by atoms with van der Waals surface area (Å²) < 4.78 is 0. The maximum absolute atomic E-state index is 12.6. The molecule has 1 heterocycles. The molecule has 2 aromatic carbocycles. The van der Waals surface area contributed by atoms with E-state index in [1.165, 1.54) is 6.20 Å². The lowest BCUT2D eigenvalue weighted by Crippen LogP contribution is -2.29. The number of carbonyl (C=O) groups is 1. The minimum atomic E-state index is -0.187. The van der Waals surface area contributed by atoms with Crippen LogP contribution in [0.2, 0.25) is 0 Å². The van der Waals surface area contributed by atoms with Gasteiger partial charge in [-0.2, -0.15) is 5.10 Å². The van der Waals surface area contributed by atoms with Crippen LogP contribution in [0.4, 0.5) is 5.82 Å². The lowest BCUT2D eigenvalue weighted by atomic mass is 10.1. The summed E-state index contributed by atoms with van der Waals surface area (Å²) in [5.41, 5.74) is 17.5. The summed E-state index contributed by atoms with van der Waals surface area (Å²) in [4.78, 5) is 21.3. The van der Waals surface area contributed by atoms with Crippen molar-refractivity contribution >= 4 is 23.4 Å². The molecule has 3 rings (SSSR count). The van der Waals surface area contributed by atoms with Gasteiger partial charge < -0.3 is 22.6 Å². The topological polar surface area (TPSA) is 170 Å². The number of anilines is 1. The number of guanidine groups is 1. The Kier molecular flexibility index (Phi) is 6.74. The quantitative estimate of drug-likeness (QED) is 0.173. The minimum Gasteiger partial charge on any atom is -0.382 e. The van der Waals surface area contributed by atoms with E-state index in [0.29, 0.717) is 34.8 Å². The predicted molar refractivity (Wildman–Crippen MR) is 121 cm³/mol. The highest BCUT2D eigenvalue weighted by Crippen LogP contribution is 2.20. The van der Waals surface area contributed by atoms with Gasteiger partial charge in [-0.15, -0.1) is 5.10 Å². The van der Waals surface area contributed by atoms with Gasteiger partial charge in [0.25, 0.3) is 5.91 Å². The van der Waals surface area contributed by atoms with Gasteiger partial charge in [-0.1, -0.05) is 42.5 Å². The van der Waals surface area contributed by atoms with Crippen molar-refractivity contribution in [3.05, 3.63) is 77.6 Å². The van der Waals surface area contributed by atoms with Crippen molar-refractivity contribution in [2.24, 2.45) is 21.8 Å². The fourth-order valence-electron chi connectivity index (χ4n) is 2.73. The second kappa shape index (κ2) is 9.83. The predicted octanol–water partition coefficient (Wildman–Crippen LogP) is 1.16. The Balaban J connectivity index is 1.81. The average Bonchev–Trinajstić information content (AvgIpc) is 2.81. The standard InChI is InChI=1S/C21H23N9O/c1-13(29-30-21(23)28-24)18-19(22)25-12-17(27-18)15-8-5-9-16(10-15)20(31)26-11-14-6-3-2-4-7-14/h2-10,12H,11,24H2,1H3,(H2,22,25)(H,26,31)(H3,23,28,30). The van der Waals surface area contributed by atoms with Crippen LogP contribution in [-0.2, 0) is 6.54 Å². The molecule has 0 aliphatic rings. The molecule has 3 aromatic rings. The average molecular weight is 417 g/mol. The number of hydrogen-bond acceptors (Lipinski definition) is 7. The molecule has 10 nitrogen and oxygen atoms in total. The number of nitrogens with two attached hydrogens (primary N) is 3. The molecule has 10 heteroatoms. The van der Waals surface area contributed by atoms with E-state index in [-0.39, 0.29) is 17.7 Å². The summed E-state index contributed by atoms with van der Waals surface area (Å²) in [5.74, 6) is 5.02. The van der Waals surface area contributed by atoms with Crippen molar-refractivity contribution in [1.29, 1.82) is 0 Å². The molecule has 0 spiro atoms. The minimum absolute atomic E-state index is 0.0590. The smallest absolute Gasteiger partial charge is 0.251 e. The molecular formula is C21H23N9O. The summed E-state index contributed by atoms with van der Waals surface area (Å²) in [6, 6.07) is 16.8. The fraction of sp³-hybridized carbons (Fsp3) is 0.0952. The van der Waals surface area contributed by atoms with Crippen molar-refractivity contribution in [2.45, 2.75) is 13.5 Å². The van der Waals surface area contributed by atoms with Crippen LogP contribution in [0, 0.1) is 0 Å². The number of benzene rings is 2. The van der Waals surface area contributed by atoms with Gasteiger partial charge in [-0.3, -0.25) is 4.79 Å². The number of nitrogens with zero attached hydrogens (tertiary/aromatic N) is 4. The van der Waals surface area contributed by atoms with Gasteiger partial charge in [-0.25, -0.2) is 15.4 Å². The highest BCUT2D eigenvalue weighted by atomic mass is 16.1. The second-order valence-electron chi connectivity index (χ2n) is 6.56. The van der Waals surface area contributed by atoms with Gasteiger partial charge in [0.15, 0.2) is 5.82 Å². The number of nitrogen functional groups attached to an aromatic ring is 1. The summed E-state index contributed by atoms with van der Waals surface area (Å²) in [7, 11) is 0. The van der Waals surface area contributed by atoms with Crippen molar-refractivity contribution in [3.8, 4) is 11.3 Å². The Morgan fingerprint density at radius 3 is 2.65 bits per heavy atom. The van der Waals surface area contributed by atoms with Crippen LogP contribution in [0.25, 0.3) is 11.3 Å². The number of hydrogen-bond donors (Lipinski definition) is 5. The first-order chi connectivity index (χ1) is 15.0. The summed E-state index contributed by atoms with van der Waals surface area (Å²) in [6.07, 6.45) is 1.54. The molecule has 31 heavy (non-hydrogen) atoms.